The standard InChI is InChI=1S/C10H14N2O2/c11-5-3-9(13)12-8-4-6-14-10(8)7-1-2-7/h7-8,10H,1-4,6H2,(H,12,13). The second-order valence-corrected chi connectivity index (χ2v) is 3.97. The van der Waals surface area contributed by atoms with E-state index in [1.54, 1.807) is 0 Å². The van der Waals surface area contributed by atoms with Crippen LogP contribution in [0.4, 0.5) is 0 Å². The van der Waals surface area contributed by atoms with E-state index in [-0.39, 0.29) is 24.5 Å². The van der Waals surface area contributed by atoms with E-state index in [0.717, 1.165) is 13.0 Å². The Labute approximate surface area is 83.2 Å². The monoisotopic (exact) mass is 194 g/mol. The highest BCUT2D eigenvalue weighted by Gasteiger charge is 2.41. The number of nitrogens with one attached hydrogen (secondary N) is 1. The Bertz CT molecular complexity index is 268. The number of amides is 1. The summed E-state index contributed by atoms with van der Waals surface area (Å²) in [5.74, 6) is 0.471. The average molecular weight is 194 g/mol. The number of carbonyl (C=O) groups excluding carboxylic acids is 1. The zero-order chi connectivity index (χ0) is 9.97. The first kappa shape index (κ1) is 9.47. The van der Waals surface area contributed by atoms with Gasteiger partial charge in [-0.15, -0.1) is 0 Å². The van der Waals surface area contributed by atoms with E-state index in [4.69, 9.17) is 10.00 Å². The van der Waals surface area contributed by atoms with Crippen molar-refractivity contribution in [3.8, 4) is 6.07 Å². The van der Waals surface area contributed by atoms with Crippen LogP contribution in [0.15, 0.2) is 0 Å². The fourth-order valence-corrected chi connectivity index (χ4v) is 1.98. The van der Waals surface area contributed by atoms with Gasteiger partial charge in [0.25, 0.3) is 0 Å². The summed E-state index contributed by atoms with van der Waals surface area (Å²) >= 11 is 0. The molecule has 1 saturated carbocycles. The number of hydrogen-bond acceptors (Lipinski definition) is 3. The summed E-state index contributed by atoms with van der Waals surface area (Å²) in [4.78, 5) is 11.2. The summed E-state index contributed by atoms with van der Waals surface area (Å²) in [7, 11) is 0. The van der Waals surface area contributed by atoms with Crippen LogP contribution in [0.2, 0.25) is 0 Å². The van der Waals surface area contributed by atoms with Crippen molar-refractivity contribution in [2.45, 2.75) is 37.8 Å². The van der Waals surface area contributed by atoms with Crippen LogP contribution >= 0.6 is 0 Å². The van der Waals surface area contributed by atoms with Gasteiger partial charge in [-0.2, -0.15) is 5.26 Å². The highest BCUT2D eigenvalue weighted by molar-refractivity contribution is 5.78. The Hall–Kier alpha value is -1.08. The third kappa shape index (κ3) is 2.05. The lowest BCUT2D eigenvalue weighted by Crippen LogP contribution is -2.41. The SMILES string of the molecule is N#CCC(=O)NC1CCOC1C1CC1. The number of rotatable bonds is 3. The Morgan fingerprint density at radius 2 is 2.29 bits per heavy atom. The average Bonchev–Trinajstić information content (AvgIpc) is 2.89. The topological polar surface area (TPSA) is 62.1 Å². The summed E-state index contributed by atoms with van der Waals surface area (Å²) in [6.45, 7) is 0.735. The molecule has 2 fully saturated rings. The van der Waals surface area contributed by atoms with Gasteiger partial charge < -0.3 is 10.1 Å². The Kier molecular flexibility index (Phi) is 2.69. The lowest BCUT2D eigenvalue weighted by molar-refractivity contribution is -0.121. The number of ether oxygens (including phenoxy) is 1. The minimum atomic E-state index is -0.173. The second-order valence-electron chi connectivity index (χ2n) is 3.97. The predicted molar refractivity (Wildman–Crippen MR) is 49.2 cm³/mol. The molecule has 0 bridgehead atoms. The summed E-state index contributed by atoms with van der Waals surface area (Å²) in [5, 5.41) is 11.2. The fraction of sp³-hybridized carbons (Fsp3) is 0.800. The van der Waals surface area contributed by atoms with Gasteiger partial charge >= 0.3 is 0 Å². The second kappa shape index (κ2) is 3.97. The van der Waals surface area contributed by atoms with E-state index in [1.807, 2.05) is 6.07 Å². The smallest absolute Gasteiger partial charge is 0.234 e. The molecule has 4 nitrogen and oxygen atoms in total. The van der Waals surface area contributed by atoms with E-state index in [0.29, 0.717) is 5.92 Å². The molecule has 76 valence electrons. The van der Waals surface area contributed by atoms with Gasteiger partial charge in [-0.3, -0.25) is 4.79 Å². The lowest BCUT2D eigenvalue weighted by atomic mass is 10.1. The molecule has 0 aromatic carbocycles. The van der Waals surface area contributed by atoms with Gasteiger partial charge in [-0.25, -0.2) is 0 Å². The quantitative estimate of drug-likeness (QED) is 0.715. The molecule has 0 spiro atoms. The van der Waals surface area contributed by atoms with E-state index < -0.39 is 0 Å². The molecule has 0 aromatic rings. The van der Waals surface area contributed by atoms with Crippen molar-refractivity contribution >= 4 is 5.91 Å². The molecule has 2 rings (SSSR count). The van der Waals surface area contributed by atoms with Gasteiger partial charge in [-0.05, 0) is 25.2 Å². The van der Waals surface area contributed by atoms with Crippen LogP contribution in [0, 0.1) is 17.2 Å². The maximum atomic E-state index is 11.2. The normalized spacial score (nSPS) is 31.1. The first-order chi connectivity index (χ1) is 6.81. The zero-order valence-electron chi connectivity index (χ0n) is 8.03. The molecule has 2 aliphatic rings. The number of nitrogens with zero attached hydrogens (tertiary/aromatic N) is 1. The van der Waals surface area contributed by atoms with Crippen molar-refractivity contribution < 1.29 is 9.53 Å². The van der Waals surface area contributed by atoms with Gasteiger partial charge in [0.2, 0.25) is 5.91 Å². The molecule has 4 heteroatoms. The number of nitriles is 1. The van der Waals surface area contributed by atoms with Crippen LogP contribution in [0.5, 0.6) is 0 Å². The number of carbonyl (C=O) groups is 1. The molecule has 0 radical (unpaired) electrons. The van der Waals surface area contributed by atoms with Gasteiger partial charge in [0, 0.05) is 6.61 Å². The van der Waals surface area contributed by atoms with Crippen LogP contribution < -0.4 is 5.32 Å². The zero-order valence-corrected chi connectivity index (χ0v) is 8.03. The molecule has 14 heavy (non-hydrogen) atoms. The lowest BCUT2D eigenvalue weighted by Gasteiger charge is -2.18. The van der Waals surface area contributed by atoms with Crippen LogP contribution in [0.1, 0.15) is 25.7 Å². The van der Waals surface area contributed by atoms with Crippen molar-refractivity contribution in [1.82, 2.24) is 5.32 Å². The molecule has 2 atom stereocenters. The Balaban J connectivity index is 1.84. The summed E-state index contributed by atoms with van der Waals surface area (Å²) < 4.78 is 5.57. The largest absolute Gasteiger partial charge is 0.376 e. The Morgan fingerprint density at radius 1 is 1.50 bits per heavy atom. The molecule has 1 aliphatic heterocycles. The van der Waals surface area contributed by atoms with Gasteiger partial charge in [0.15, 0.2) is 0 Å². The first-order valence-electron chi connectivity index (χ1n) is 5.09. The van der Waals surface area contributed by atoms with E-state index >= 15 is 0 Å². The molecular formula is C10H14N2O2. The van der Waals surface area contributed by atoms with Gasteiger partial charge in [0.05, 0.1) is 18.2 Å². The molecule has 1 heterocycles. The van der Waals surface area contributed by atoms with E-state index in [9.17, 15) is 4.79 Å². The minimum absolute atomic E-state index is 0.0477. The van der Waals surface area contributed by atoms with E-state index in [2.05, 4.69) is 5.32 Å². The molecule has 1 amide bonds. The van der Waals surface area contributed by atoms with Crippen LogP contribution in [0.25, 0.3) is 0 Å². The highest BCUT2D eigenvalue weighted by Crippen LogP contribution is 2.38. The van der Waals surface area contributed by atoms with Gasteiger partial charge in [-0.1, -0.05) is 0 Å². The van der Waals surface area contributed by atoms with Crippen LogP contribution in [-0.4, -0.2) is 24.7 Å². The van der Waals surface area contributed by atoms with Crippen LogP contribution in [0.3, 0.4) is 0 Å². The first-order valence-corrected chi connectivity index (χ1v) is 5.09. The molecule has 1 saturated heterocycles. The third-order valence-electron chi connectivity index (χ3n) is 2.81. The van der Waals surface area contributed by atoms with Crippen molar-refractivity contribution in [2.75, 3.05) is 6.61 Å². The highest BCUT2D eigenvalue weighted by atomic mass is 16.5. The summed E-state index contributed by atoms with van der Waals surface area (Å²) in [5.41, 5.74) is 0. The Morgan fingerprint density at radius 3 is 2.93 bits per heavy atom. The number of hydrogen-bond donors (Lipinski definition) is 1. The molecule has 0 aromatic heterocycles. The summed E-state index contributed by atoms with van der Waals surface area (Å²) in [6, 6.07) is 1.99. The van der Waals surface area contributed by atoms with Crippen molar-refractivity contribution in [3.05, 3.63) is 0 Å². The molecule has 1 aliphatic carbocycles. The molecule has 2 unspecified atom stereocenters. The van der Waals surface area contributed by atoms with Crippen molar-refractivity contribution in [3.63, 3.8) is 0 Å². The molecular weight excluding hydrogens is 180 g/mol. The summed E-state index contributed by atoms with van der Waals surface area (Å²) in [6.07, 6.45) is 3.48. The third-order valence-corrected chi connectivity index (χ3v) is 2.81. The van der Waals surface area contributed by atoms with Gasteiger partial charge in [0.1, 0.15) is 6.42 Å². The van der Waals surface area contributed by atoms with Crippen molar-refractivity contribution in [1.29, 1.82) is 5.26 Å². The molecule has 1 N–H and O–H groups in total. The maximum Gasteiger partial charge on any atom is 0.234 e. The minimum Gasteiger partial charge on any atom is -0.376 e. The fourth-order valence-electron chi connectivity index (χ4n) is 1.98. The van der Waals surface area contributed by atoms with E-state index in [1.165, 1.54) is 12.8 Å². The predicted octanol–water partition coefficient (Wildman–Crippen LogP) is 0.584. The van der Waals surface area contributed by atoms with Crippen LogP contribution in [-0.2, 0) is 9.53 Å². The maximum absolute atomic E-state index is 11.2. The van der Waals surface area contributed by atoms with Crippen molar-refractivity contribution in [2.24, 2.45) is 5.92 Å².